The maximum Gasteiger partial charge on any atom is 0.278 e. The number of pyridine rings is 1. The number of halogens is 2. The summed E-state index contributed by atoms with van der Waals surface area (Å²) in [6, 6.07) is 3.52. The number of hydrogen-bond acceptors (Lipinski definition) is 8. The van der Waals surface area contributed by atoms with Crippen molar-refractivity contribution in [1.29, 1.82) is 0 Å². The van der Waals surface area contributed by atoms with Crippen LogP contribution in [0.25, 0.3) is 10.6 Å². The van der Waals surface area contributed by atoms with E-state index >= 15 is 0 Å². The maximum atomic E-state index is 14.2. The van der Waals surface area contributed by atoms with Crippen LogP contribution >= 0.6 is 11.3 Å². The molecule has 2 N–H and O–H groups in total. The van der Waals surface area contributed by atoms with Crippen LogP contribution < -0.4 is 15.8 Å². The Labute approximate surface area is 215 Å². The van der Waals surface area contributed by atoms with Gasteiger partial charge in [-0.25, -0.2) is 8.78 Å². The topological polar surface area (TPSA) is 104 Å². The van der Waals surface area contributed by atoms with Gasteiger partial charge in [-0.3, -0.25) is 19.3 Å². The van der Waals surface area contributed by atoms with Crippen molar-refractivity contribution < 1.29 is 18.7 Å². The van der Waals surface area contributed by atoms with Gasteiger partial charge in [0.05, 0.1) is 5.56 Å². The van der Waals surface area contributed by atoms with Gasteiger partial charge in [0.15, 0.2) is 16.5 Å². The van der Waals surface area contributed by atoms with Gasteiger partial charge in [0.2, 0.25) is 5.43 Å². The van der Waals surface area contributed by atoms with Crippen molar-refractivity contribution in [1.82, 2.24) is 25.1 Å². The number of rotatable bonds is 5. The molecule has 2 aromatic heterocycles. The van der Waals surface area contributed by atoms with E-state index in [0.29, 0.717) is 11.6 Å². The number of aromatic hydroxyl groups is 1. The van der Waals surface area contributed by atoms with Gasteiger partial charge >= 0.3 is 0 Å². The molecule has 2 fully saturated rings. The molecule has 0 atom stereocenters. The molecule has 37 heavy (non-hydrogen) atoms. The van der Waals surface area contributed by atoms with Gasteiger partial charge in [-0.15, -0.1) is 10.2 Å². The van der Waals surface area contributed by atoms with Crippen molar-refractivity contribution in [3.8, 4) is 16.3 Å². The van der Waals surface area contributed by atoms with Crippen LogP contribution in [-0.4, -0.2) is 62.1 Å². The number of fused-ring (bicyclic) bond motifs is 1. The minimum Gasteiger partial charge on any atom is -0.502 e. The highest BCUT2D eigenvalue weighted by molar-refractivity contribution is 7.14. The number of nitrogens with one attached hydrogen (secondary N) is 1. The molecule has 9 nitrogen and oxygen atoms in total. The number of carbonyl (C=O) groups is 1. The number of hydrogen-bond donors (Lipinski definition) is 2. The fraction of sp³-hybridized carbons (Fsp3) is 0.440. The first kappa shape index (κ1) is 24.0. The lowest BCUT2D eigenvalue weighted by atomic mass is 9.92. The lowest BCUT2D eigenvalue weighted by molar-refractivity contribution is 0.0130. The number of amides is 1. The van der Waals surface area contributed by atoms with Crippen LogP contribution in [-0.2, 0) is 6.42 Å². The fourth-order valence-electron chi connectivity index (χ4n) is 5.61. The van der Waals surface area contributed by atoms with Crippen LogP contribution in [0.15, 0.2) is 29.2 Å². The van der Waals surface area contributed by atoms with E-state index in [-0.39, 0.29) is 40.2 Å². The Morgan fingerprint density at radius 1 is 1.19 bits per heavy atom. The van der Waals surface area contributed by atoms with Gasteiger partial charge in [0.1, 0.15) is 22.3 Å². The number of aromatic nitrogens is 3. The number of nitrogens with zero attached hydrogens (tertiary/aromatic N) is 5. The van der Waals surface area contributed by atoms with Crippen LogP contribution in [0.2, 0.25) is 0 Å². The molecule has 6 rings (SSSR count). The molecule has 1 aliphatic carbocycles. The average molecular weight is 529 g/mol. The van der Waals surface area contributed by atoms with E-state index in [1.807, 2.05) is 6.92 Å². The molecule has 3 aliphatic rings. The third kappa shape index (κ3) is 3.81. The van der Waals surface area contributed by atoms with Gasteiger partial charge in [-0.1, -0.05) is 17.4 Å². The van der Waals surface area contributed by atoms with Crippen molar-refractivity contribution in [2.45, 2.75) is 50.7 Å². The summed E-state index contributed by atoms with van der Waals surface area (Å²) in [5.74, 6) is -2.34. The fourth-order valence-corrected chi connectivity index (χ4v) is 6.48. The minimum absolute atomic E-state index is 0.0372. The average Bonchev–Trinajstić information content (AvgIpc) is 3.60. The summed E-state index contributed by atoms with van der Waals surface area (Å²) >= 11 is 1.09. The van der Waals surface area contributed by atoms with Gasteiger partial charge in [0, 0.05) is 44.1 Å². The summed E-state index contributed by atoms with van der Waals surface area (Å²) in [6.07, 6.45) is 5.01. The standard InChI is InChI=1S/C25H26F2N6O3S/c1-2-31-24(36)20-22(35)21(34)17(13-32(20)33(16-5-6-16)25(31)7-9-28-10-8-25)23-30-29-19(37-23)11-14-3-4-15(26)12-18(14)27/h3-4,12-13,16,28,35H,2,5-11H2,1H3. The van der Waals surface area contributed by atoms with Gasteiger partial charge in [-0.2, -0.15) is 0 Å². The van der Waals surface area contributed by atoms with Gasteiger partial charge in [0.25, 0.3) is 5.91 Å². The molecule has 0 unspecified atom stereocenters. The van der Waals surface area contributed by atoms with Crippen molar-refractivity contribution >= 4 is 17.2 Å². The summed E-state index contributed by atoms with van der Waals surface area (Å²) in [5, 5.41) is 25.5. The SMILES string of the molecule is CCN1C(=O)c2c(O)c(=O)c(-c3nnc(Cc4ccc(F)cc4F)s3)cn2N(C2CC2)C12CCNCC2. The zero-order valence-corrected chi connectivity index (χ0v) is 21.0. The number of carbonyl (C=O) groups excluding carboxylic acids is 1. The predicted octanol–water partition coefficient (Wildman–Crippen LogP) is 2.60. The van der Waals surface area contributed by atoms with Crippen molar-refractivity contribution in [3.63, 3.8) is 0 Å². The van der Waals surface area contributed by atoms with E-state index < -0.39 is 28.5 Å². The summed E-state index contributed by atoms with van der Waals surface area (Å²) in [7, 11) is 0. The first-order valence-corrected chi connectivity index (χ1v) is 13.2. The third-order valence-electron chi connectivity index (χ3n) is 7.44. The van der Waals surface area contributed by atoms with Crippen LogP contribution in [0.4, 0.5) is 8.78 Å². The van der Waals surface area contributed by atoms with Crippen molar-refractivity contribution in [3.05, 3.63) is 62.5 Å². The monoisotopic (exact) mass is 528 g/mol. The zero-order chi connectivity index (χ0) is 25.9. The number of benzene rings is 1. The largest absolute Gasteiger partial charge is 0.502 e. The summed E-state index contributed by atoms with van der Waals surface area (Å²) < 4.78 is 29.1. The predicted molar refractivity (Wildman–Crippen MR) is 133 cm³/mol. The molecule has 1 saturated heterocycles. The smallest absolute Gasteiger partial charge is 0.278 e. The second kappa shape index (κ2) is 8.88. The minimum atomic E-state index is -0.705. The molecule has 2 aliphatic heterocycles. The Morgan fingerprint density at radius 2 is 1.95 bits per heavy atom. The molecular weight excluding hydrogens is 502 g/mol. The molecule has 1 amide bonds. The Morgan fingerprint density at radius 3 is 2.62 bits per heavy atom. The van der Waals surface area contributed by atoms with E-state index in [2.05, 4.69) is 20.5 Å². The van der Waals surface area contributed by atoms with E-state index in [9.17, 15) is 23.5 Å². The Bertz CT molecular complexity index is 1450. The van der Waals surface area contributed by atoms with E-state index in [1.165, 1.54) is 12.1 Å². The molecule has 0 radical (unpaired) electrons. The summed E-state index contributed by atoms with van der Waals surface area (Å²) in [4.78, 5) is 28.7. The molecule has 0 bridgehead atoms. The lowest BCUT2D eigenvalue weighted by Gasteiger charge is -2.57. The second-order valence-electron chi connectivity index (χ2n) is 9.68. The van der Waals surface area contributed by atoms with Gasteiger partial charge in [-0.05, 0) is 44.5 Å². The quantitative estimate of drug-likeness (QED) is 0.525. The third-order valence-corrected chi connectivity index (χ3v) is 8.40. The highest BCUT2D eigenvalue weighted by Gasteiger charge is 2.55. The zero-order valence-electron chi connectivity index (χ0n) is 20.2. The van der Waals surface area contributed by atoms with E-state index in [0.717, 1.165) is 56.2 Å². The molecule has 1 spiro atoms. The van der Waals surface area contributed by atoms with Crippen LogP contribution in [0.1, 0.15) is 53.7 Å². The first-order chi connectivity index (χ1) is 17.8. The Hall–Kier alpha value is -3.38. The van der Waals surface area contributed by atoms with Crippen molar-refractivity contribution in [2.75, 3.05) is 24.6 Å². The van der Waals surface area contributed by atoms with Crippen LogP contribution in [0.5, 0.6) is 5.75 Å². The van der Waals surface area contributed by atoms with Crippen LogP contribution in [0.3, 0.4) is 0 Å². The van der Waals surface area contributed by atoms with Crippen molar-refractivity contribution in [2.24, 2.45) is 0 Å². The summed E-state index contributed by atoms with van der Waals surface area (Å²) in [6.45, 7) is 3.87. The highest BCUT2D eigenvalue weighted by atomic mass is 32.1. The Kier molecular flexibility index (Phi) is 5.75. The normalized spacial score (nSPS) is 18.9. The molecule has 1 saturated carbocycles. The first-order valence-electron chi connectivity index (χ1n) is 12.4. The molecule has 1 aromatic carbocycles. The second-order valence-corrected chi connectivity index (χ2v) is 10.7. The molecule has 3 aromatic rings. The number of piperidine rings is 1. The maximum absolute atomic E-state index is 14.2. The van der Waals surface area contributed by atoms with Gasteiger partial charge < -0.3 is 15.3 Å². The lowest BCUT2D eigenvalue weighted by Crippen LogP contribution is -2.73. The van der Waals surface area contributed by atoms with E-state index in [1.54, 1.807) is 15.8 Å². The van der Waals surface area contributed by atoms with E-state index in [4.69, 9.17) is 0 Å². The summed E-state index contributed by atoms with van der Waals surface area (Å²) in [5.41, 5.74) is -0.923. The molecule has 194 valence electrons. The Balaban J connectivity index is 1.45. The molecule has 12 heteroatoms. The molecule has 4 heterocycles. The molecular formula is C25H26F2N6O3S. The van der Waals surface area contributed by atoms with Crippen LogP contribution in [0, 0.1) is 11.6 Å². The highest BCUT2D eigenvalue weighted by Crippen LogP contribution is 2.43.